The summed E-state index contributed by atoms with van der Waals surface area (Å²) in [5.41, 5.74) is -0.305. The summed E-state index contributed by atoms with van der Waals surface area (Å²) in [6.45, 7) is 1.54. The van der Waals surface area contributed by atoms with Crippen molar-refractivity contribution in [1.82, 2.24) is 14.9 Å². The number of carbonyl (C=O) groups is 2. The molecular weight excluding hydrogens is 416 g/mol. The van der Waals surface area contributed by atoms with Gasteiger partial charge in [0.2, 0.25) is 11.7 Å². The van der Waals surface area contributed by atoms with Gasteiger partial charge in [-0.25, -0.2) is 9.48 Å². The maximum atomic E-state index is 13.2. The Balaban J connectivity index is 1.73. The first-order valence-corrected chi connectivity index (χ1v) is 9.34. The quantitative estimate of drug-likeness (QED) is 0.251. The highest BCUT2D eigenvalue weighted by molar-refractivity contribution is 6.31. The minimum atomic E-state index is -0.754. The number of hydrogen-bond donors (Lipinski definition) is 0. The Hall–Kier alpha value is -3.53. The Labute approximate surface area is 174 Å². The molecule has 4 rings (SSSR count). The van der Waals surface area contributed by atoms with Gasteiger partial charge in [0.05, 0.1) is 16.8 Å². The standard InChI is InChI=1S/C19H15ClN4O6/c1-9-15(16(25)12-7-11(20)5-6-14(12)24(27)28)18(23(2)22-9)29-19(26)13-8-21-30-17(13)10-3-4-10/h5-8,10H,3-4H2,1-2H3. The molecule has 30 heavy (non-hydrogen) atoms. The maximum absolute atomic E-state index is 13.2. The molecule has 1 aliphatic carbocycles. The lowest BCUT2D eigenvalue weighted by Crippen LogP contribution is -2.15. The summed E-state index contributed by atoms with van der Waals surface area (Å²) in [6, 6.07) is 3.66. The van der Waals surface area contributed by atoms with Crippen molar-refractivity contribution >= 4 is 29.0 Å². The Morgan fingerprint density at radius 2 is 2.07 bits per heavy atom. The van der Waals surface area contributed by atoms with Crippen molar-refractivity contribution in [2.24, 2.45) is 7.05 Å². The van der Waals surface area contributed by atoms with E-state index in [1.54, 1.807) is 0 Å². The molecule has 0 amide bonds. The second-order valence-corrected chi connectivity index (χ2v) is 7.34. The van der Waals surface area contributed by atoms with Gasteiger partial charge in [0, 0.05) is 24.1 Å². The van der Waals surface area contributed by atoms with Crippen molar-refractivity contribution < 1.29 is 23.8 Å². The molecule has 1 fully saturated rings. The molecule has 2 aromatic heterocycles. The van der Waals surface area contributed by atoms with Gasteiger partial charge in [-0.1, -0.05) is 16.8 Å². The molecule has 0 atom stereocenters. The summed E-state index contributed by atoms with van der Waals surface area (Å²) in [6.07, 6.45) is 3.05. The molecule has 3 aromatic rings. The van der Waals surface area contributed by atoms with E-state index in [0.717, 1.165) is 18.9 Å². The van der Waals surface area contributed by atoms with E-state index < -0.39 is 22.4 Å². The molecule has 0 radical (unpaired) electrons. The van der Waals surface area contributed by atoms with E-state index in [1.165, 1.54) is 37.0 Å². The van der Waals surface area contributed by atoms with Crippen molar-refractivity contribution in [3.63, 3.8) is 0 Å². The molecule has 11 heteroatoms. The zero-order chi connectivity index (χ0) is 21.6. The van der Waals surface area contributed by atoms with Gasteiger partial charge < -0.3 is 9.26 Å². The summed E-state index contributed by atoms with van der Waals surface area (Å²) in [4.78, 5) is 36.6. The zero-order valence-electron chi connectivity index (χ0n) is 15.9. The van der Waals surface area contributed by atoms with Crippen molar-refractivity contribution in [2.75, 3.05) is 0 Å². The number of nitrogens with zero attached hydrogens (tertiary/aromatic N) is 4. The van der Waals surface area contributed by atoms with Crippen molar-refractivity contribution in [3.05, 3.63) is 67.7 Å². The SMILES string of the molecule is Cc1nn(C)c(OC(=O)c2cnoc2C2CC2)c1C(=O)c1cc(Cl)ccc1[N+](=O)[O-]. The number of esters is 1. The van der Waals surface area contributed by atoms with Crippen LogP contribution in [0, 0.1) is 17.0 Å². The highest BCUT2D eigenvalue weighted by Gasteiger charge is 2.35. The number of nitro groups is 1. The summed E-state index contributed by atoms with van der Waals surface area (Å²) < 4.78 is 11.8. The molecule has 10 nitrogen and oxygen atoms in total. The second kappa shape index (κ2) is 7.38. The molecule has 0 aliphatic heterocycles. The smallest absolute Gasteiger partial charge is 0.350 e. The van der Waals surface area contributed by atoms with Crippen LogP contribution in [0.15, 0.2) is 28.9 Å². The Morgan fingerprint density at radius 1 is 1.33 bits per heavy atom. The van der Waals surface area contributed by atoms with Crippen LogP contribution >= 0.6 is 11.6 Å². The Kier molecular flexibility index (Phi) is 4.86. The Bertz CT molecular complexity index is 1190. The fourth-order valence-corrected chi connectivity index (χ4v) is 3.36. The van der Waals surface area contributed by atoms with E-state index >= 15 is 0 Å². The van der Waals surface area contributed by atoms with Gasteiger partial charge >= 0.3 is 5.97 Å². The zero-order valence-corrected chi connectivity index (χ0v) is 16.7. The minimum Gasteiger partial charge on any atom is -0.403 e. The van der Waals surface area contributed by atoms with E-state index in [1.807, 2.05) is 0 Å². The first-order valence-electron chi connectivity index (χ1n) is 8.97. The van der Waals surface area contributed by atoms with Crippen LogP contribution in [0.4, 0.5) is 5.69 Å². The van der Waals surface area contributed by atoms with Crippen LogP contribution in [0.5, 0.6) is 5.88 Å². The highest BCUT2D eigenvalue weighted by Crippen LogP contribution is 2.42. The lowest BCUT2D eigenvalue weighted by molar-refractivity contribution is -0.385. The number of ketones is 1. The fourth-order valence-electron chi connectivity index (χ4n) is 3.18. The van der Waals surface area contributed by atoms with Gasteiger partial charge in [0.1, 0.15) is 16.7 Å². The first kappa shape index (κ1) is 19.8. The topological polar surface area (TPSA) is 130 Å². The van der Waals surface area contributed by atoms with Crippen LogP contribution in [0.1, 0.15) is 56.5 Å². The molecule has 2 heterocycles. The van der Waals surface area contributed by atoms with Crippen molar-refractivity contribution in [2.45, 2.75) is 25.7 Å². The average molecular weight is 431 g/mol. The second-order valence-electron chi connectivity index (χ2n) is 6.90. The lowest BCUT2D eigenvalue weighted by atomic mass is 10.0. The molecule has 0 unspecified atom stereocenters. The van der Waals surface area contributed by atoms with Gasteiger partial charge in [0.15, 0.2) is 5.76 Å². The predicted molar refractivity (Wildman–Crippen MR) is 103 cm³/mol. The third-order valence-corrected chi connectivity index (χ3v) is 4.99. The Morgan fingerprint density at radius 3 is 2.73 bits per heavy atom. The van der Waals surface area contributed by atoms with Crippen molar-refractivity contribution in [1.29, 1.82) is 0 Å². The van der Waals surface area contributed by atoms with E-state index in [9.17, 15) is 19.7 Å². The van der Waals surface area contributed by atoms with Gasteiger partial charge in [-0.05, 0) is 31.9 Å². The van der Waals surface area contributed by atoms with Gasteiger partial charge in [-0.3, -0.25) is 14.9 Å². The van der Waals surface area contributed by atoms with Crippen molar-refractivity contribution in [3.8, 4) is 5.88 Å². The van der Waals surface area contributed by atoms with E-state index in [2.05, 4.69) is 10.3 Å². The molecule has 154 valence electrons. The number of hydrogen-bond acceptors (Lipinski definition) is 8. The molecule has 1 saturated carbocycles. The van der Waals surface area contributed by atoms with Crippen LogP contribution in [0.25, 0.3) is 0 Å². The highest BCUT2D eigenvalue weighted by atomic mass is 35.5. The molecule has 0 spiro atoms. The average Bonchev–Trinajstić information content (AvgIpc) is 3.35. The lowest BCUT2D eigenvalue weighted by Gasteiger charge is -2.08. The molecule has 0 saturated heterocycles. The largest absolute Gasteiger partial charge is 0.403 e. The first-order chi connectivity index (χ1) is 14.3. The van der Waals surface area contributed by atoms with E-state index in [4.69, 9.17) is 20.9 Å². The van der Waals surface area contributed by atoms with Crippen LogP contribution in [0.3, 0.4) is 0 Å². The fraction of sp³-hybridized carbons (Fsp3) is 0.263. The number of aryl methyl sites for hydroxylation is 2. The van der Waals surface area contributed by atoms with Crippen LogP contribution in [-0.2, 0) is 7.05 Å². The number of carbonyl (C=O) groups excluding carboxylic acids is 2. The summed E-state index contributed by atoms with van der Waals surface area (Å²) in [5.74, 6) is -1.06. The van der Waals surface area contributed by atoms with E-state index in [0.29, 0.717) is 5.76 Å². The van der Waals surface area contributed by atoms with Gasteiger partial charge in [0.25, 0.3) is 5.69 Å². The molecule has 1 aliphatic rings. The molecule has 0 N–H and O–H groups in total. The van der Waals surface area contributed by atoms with Crippen LogP contribution in [-0.4, -0.2) is 31.6 Å². The number of benzene rings is 1. The van der Waals surface area contributed by atoms with E-state index in [-0.39, 0.29) is 39.2 Å². The molecular formula is C19H15ClN4O6. The predicted octanol–water partition coefficient (Wildman–Crippen LogP) is 3.61. The number of aromatic nitrogens is 3. The summed E-state index contributed by atoms with van der Waals surface area (Å²) in [7, 11) is 1.49. The number of ether oxygens (including phenoxy) is 1. The third-order valence-electron chi connectivity index (χ3n) is 4.75. The normalized spacial score (nSPS) is 13.3. The van der Waals surface area contributed by atoms with Gasteiger partial charge in [-0.2, -0.15) is 5.10 Å². The summed E-state index contributed by atoms with van der Waals surface area (Å²) in [5, 5.41) is 19.3. The number of nitro benzene ring substituents is 1. The van der Waals surface area contributed by atoms with Gasteiger partial charge in [-0.15, -0.1) is 0 Å². The minimum absolute atomic E-state index is 0.0688. The monoisotopic (exact) mass is 430 g/mol. The molecule has 1 aromatic carbocycles. The summed E-state index contributed by atoms with van der Waals surface area (Å²) >= 11 is 5.94. The molecule has 0 bridgehead atoms. The maximum Gasteiger partial charge on any atom is 0.350 e. The van der Waals surface area contributed by atoms with Crippen LogP contribution < -0.4 is 4.74 Å². The third kappa shape index (κ3) is 3.45. The number of rotatable bonds is 6. The van der Waals surface area contributed by atoms with Crippen LogP contribution in [0.2, 0.25) is 5.02 Å². The number of halogens is 1.